The van der Waals surface area contributed by atoms with Crippen LogP contribution in [0.25, 0.3) is 0 Å². The van der Waals surface area contributed by atoms with Crippen molar-refractivity contribution in [3.05, 3.63) is 53.6 Å². The molecule has 1 heterocycles. The van der Waals surface area contributed by atoms with Gasteiger partial charge >= 0.3 is 0 Å². The third kappa shape index (κ3) is 3.97. The third-order valence-electron chi connectivity index (χ3n) is 4.59. The molecule has 0 saturated heterocycles. The van der Waals surface area contributed by atoms with Gasteiger partial charge in [0, 0.05) is 12.0 Å². The number of anilines is 1. The van der Waals surface area contributed by atoms with E-state index in [0.717, 1.165) is 11.3 Å². The van der Waals surface area contributed by atoms with E-state index >= 15 is 0 Å². The number of amides is 1. The first kappa shape index (κ1) is 19.0. The Labute approximate surface area is 159 Å². The van der Waals surface area contributed by atoms with Crippen LogP contribution in [0.3, 0.4) is 0 Å². The zero-order valence-electron chi connectivity index (χ0n) is 16.2. The average Bonchev–Trinajstić information content (AvgIpc) is 2.64. The Hall–Kier alpha value is -2.82. The minimum absolute atomic E-state index is 0.0334. The second-order valence-electron chi connectivity index (χ2n) is 7.19. The maximum atomic E-state index is 12.9. The van der Waals surface area contributed by atoms with E-state index in [1.807, 2.05) is 38.1 Å². The van der Waals surface area contributed by atoms with Crippen molar-refractivity contribution in [2.45, 2.75) is 39.7 Å². The summed E-state index contributed by atoms with van der Waals surface area (Å²) in [5.41, 5.74) is 1.35. The summed E-state index contributed by atoms with van der Waals surface area (Å²) in [4.78, 5) is 26.6. The van der Waals surface area contributed by atoms with Crippen molar-refractivity contribution in [1.29, 1.82) is 0 Å². The lowest BCUT2D eigenvalue weighted by atomic mass is 10.0. The van der Waals surface area contributed by atoms with Crippen LogP contribution in [0, 0.1) is 6.92 Å². The number of ketones is 1. The van der Waals surface area contributed by atoms with Crippen LogP contribution in [0.15, 0.2) is 42.5 Å². The second kappa shape index (κ2) is 7.43. The number of ether oxygens (including phenoxy) is 2. The third-order valence-corrected chi connectivity index (χ3v) is 4.59. The van der Waals surface area contributed by atoms with Crippen LogP contribution in [0.4, 0.5) is 5.69 Å². The molecule has 1 amide bonds. The van der Waals surface area contributed by atoms with E-state index in [9.17, 15) is 9.59 Å². The van der Waals surface area contributed by atoms with Gasteiger partial charge in [-0.05, 0) is 56.7 Å². The Kier molecular flexibility index (Phi) is 5.22. The molecule has 0 aromatic heterocycles. The fraction of sp³-hybridized carbons (Fsp3) is 0.364. The molecule has 0 fully saturated rings. The Morgan fingerprint density at radius 1 is 1.19 bits per heavy atom. The average molecular weight is 367 g/mol. The van der Waals surface area contributed by atoms with Gasteiger partial charge in [0.2, 0.25) is 0 Å². The molecule has 2 aromatic carbocycles. The van der Waals surface area contributed by atoms with Gasteiger partial charge in [-0.2, -0.15) is 0 Å². The van der Waals surface area contributed by atoms with Crippen molar-refractivity contribution in [2.75, 3.05) is 18.1 Å². The highest BCUT2D eigenvalue weighted by molar-refractivity contribution is 6.04. The fourth-order valence-corrected chi connectivity index (χ4v) is 3.13. The van der Waals surface area contributed by atoms with E-state index in [1.165, 1.54) is 0 Å². The lowest BCUT2D eigenvalue weighted by Gasteiger charge is -2.38. The van der Waals surface area contributed by atoms with Gasteiger partial charge in [-0.3, -0.25) is 9.59 Å². The smallest absolute Gasteiger partial charge is 0.270 e. The second-order valence-corrected chi connectivity index (χ2v) is 7.19. The van der Waals surface area contributed by atoms with E-state index in [0.29, 0.717) is 36.6 Å². The SMILES string of the molecule is CCC(=O)c1ccc2c(c1)N(CCOc1cccc(C)c1)C(=O)C(C)(C)O2. The Morgan fingerprint density at radius 2 is 1.96 bits per heavy atom. The first-order valence-electron chi connectivity index (χ1n) is 9.19. The number of fused-ring (bicyclic) bond motifs is 1. The molecule has 0 saturated carbocycles. The van der Waals surface area contributed by atoms with E-state index < -0.39 is 5.60 Å². The molecule has 142 valence electrons. The summed E-state index contributed by atoms with van der Waals surface area (Å²) in [5.74, 6) is 1.25. The predicted octanol–water partition coefficient (Wildman–Crippen LogP) is 4.17. The summed E-state index contributed by atoms with van der Waals surface area (Å²) in [5, 5.41) is 0. The summed E-state index contributed by atoms with van der Waals surface area (Å²) in [6.07, 6.45) is 0.412. The molecule has 5 heteroatoms. The van der Waals surface area contributed by atoms with Crippen LogP contribution in [0.5, 0.6) is 11.5 Å². The number of rotatable bonds is 6. The van der Waals surface area contributed by atoms with Crippen LogP contribution in [0.1, 0.15) is 43.1 Å². The van der Waals surface area contributed by atoms with Gasteiger partial charge < -0.3 is 14.4 Å². The molecule has 3 rings (SSSR count). The number of benzene rings is 2. The van der Waals surface area contributed by atoms with Gasteiger partial charge in [0.25, 0.3) is 5.91 Å². The summed E-state index contributed by atoms with van der Waals surface area (Å²) in [6, 6.07) is 13.0. The first-order chi connectivity index (χ1) is 12.8. The summed E-state index contributed by atoms with van der Waals surface area (Å²) in [7, 11) is 0. The zero-order valence-corrected chi connectivity index (χ0v) is 16.2. The van der Waals surface area contributed by atoms with Crippen molar-refractivity contribution in [3.63, 3.8) is 0 Å². The van der Waals surface area contributed by atoms with Crippen LogP contribution in [-0.4, -0.2) is 30.4 Å². The molecule has 0 bridgehead atoms. The van der Waals surface area contributed by atoms with Crippen LogP contribution in [0.2, 0.25) is 0 Å². The van der Waals surface area contributed by atoms with Crippen molar-refractivity contribution < 1.29 is 19.1 Å². The topological polar surface area (TPSA) is 55.8 Å². The Balaban J connectivity index is 1.84. The molecule has 2 aromatic rings. The molecule has 0 aliphatic carbocycles. The summed E-state index contributed by atoms with van der Waals surface area (Å²) < 4.78 is 11.7. The maximum absolute atomic E-state index is 12.9. The monoisotopic (exact) mass is 367 g/mol. The van der Waals surface area contributed by atoms with Crippen LogP contribution >= 0.6 is 0 Å². The summed E-state index contributed by atoms with van der Waals surface area (Å²) >= 11 is 0. The molecule has 0 N–H and O–H groups in total. The van der Waals surface area contributed by atoms with Crippen molar-refractivity contribution in [1.82, 2.24) is 0 Å². The molecule has 0 radical (unpaired) electrons. The molecular weight excluding hydrogens is 342 g/mol. The van der Waals surface area contributed by atoms with E-state index in [4.69, 9.17) is 9.47 Å². The highest BCUT2D eigenvalue weighted by atomic mass is 16.5. The quantitative estimate of drug-likeness (QED) is 0.719. The van der Waals surface area contributed by atoms with Crippen LogP contribution in [-0.2, 0) is 4.79 Å². The van der Waals surface area contributed by atoms with Gasteiger partial charge in [-0.1, -0.05) is 19.1 Å². The number of carbonyl (C=O) groups excluding carboxylic acids is 2. The lowest BCUT2D eigenvalue weighted by Crippen LogP contribution is -2.53. The van der Waals surface area contributed by atoms with E-state index in [-0.39, 0.29) is 11.7 Å². The number of aryl methyl sites for hydroxylation is 1. The molecule has 27 heavy (non-hydrogen) atoms. The Bertz CT molecular complexity index is 872. The van der Waals surface area contributed by atoms with E-state index in [2.05, 4.69) is 0 Å². The predicted molar refractivity (Wildman–Crippen MR) is 105 cm³/mol. The van der Waals surface area contributed by atoms with Gasteiger partial charge in [0.05, 0.1) is 12.2 Å². The number of hydrogen-bond acceptors (Lipinski definition) is 4. The number of carbonyl (C=O) groups is 2. The molecule has 1 aliphatic rings. The van der Waals surface area contributed by atoms with Gasteiger partial charge in [0.1, 0.15) is 18.1 Å². The van der Waals surface area contributed by atoms with Crippen molar-refractivity contribution in [2.24, 2.45) is 0 Å². The van der Waals surface area contributed by atoms with Crippen molar-refractivity contribution in [3.8, 4) is 11.5 Å². The minimum atomic E-state index is -0.966. The van der Waals surface area contributed by atoms with Gasteiger partial charge in [0.15, 0.2) is 11.4 Å². The lowest BCUT2D eigenvalue weighted by molar-refractivity contribution is -0.132. The molecule has 5 nitrogen and oxygen atoms in total. The normalized spacial score (nSPS) is 15.1. The van der Waals surface area contributed by atoms with Gasteiger partial charge in [-0.15, -0.1) is 0 Å². The maximum Gasteiger partial charge on any atom is 0.270 e. The van der Waals surface area contributed by atoms with Gasteiger partial charge in [-0.25, -0.2) is 0 Å². The number of Topliss-reactive ketones (excluding diaryl/α,β-unsaturated/α-hetero) is 1. The molecule has 0 atom stereocenters. The number of nitrogens with zero attached hydrogens (tertiary/aromatic N) is 1. The molecule has 0 spiro atoms. The highest BCUT2D eigenvalue weighted by Gasteiger charge is 2.41. The standard InChI is InChI=1S/C22H25NO4/c1-5-19(24)16-9-10-20-18(14-16)23(21(25)22(3,4)27-20)11-12-26-17-8-6-7-15(2)13-17/h6-10,13-14H,5,11-12H2,1-4H3. The molecular formula is C22H25NO4. The first-order valence-corrected chi connectivity index (χ1v) is 9.19. The van der Waals surface area contributed by atoms with E-state index in [1.54, 1.807) is 36.9 Å². The fourth-order valence-electron chi connectivity index (χ4n) is 3.13. The highest BCUT2D eigenvalue weighted by Crippen LogP contribution is 2.38. The zero-order chi connectivity index (χ0) is 19.6. The molecule has 1 aliphatic heterocycles. The van der Waals surface area contributed by atoms with Crippen molar-refractivity contribution >= 4 is 17.4 Å². The number of hydrogen-bond donors (Lipinski definition) is 0. The molecule has 0 unspecified atom stereocenters. The summed E-state index contributed by atoms with van der Waals surface area (Å²) in [6.45, 7) is 8.03. The minimum Gasteiger partial charge on any atom is -0.492 e. The van der Waals surface area contributed by atoms with Crippen LogP contribution < -0.4 is 14.4 Å². The Morgan fingerprint density at radius 3 is 2.67 bits per heavy atom. The largest absolute Gasteiger partial charge is 0.492 e.